The number of hydrogen-bond acceptors (Lipinski definition) is 4. The molecule has 1 fully saturated rings. The quantitative estimate of drug-likeness (QED) is 0.671. The highest BCUT2D eigenvalue weighted by Crippen LogP contribution is 2.25. The van der Waals surface area contributed by atoms with Crippen LogP contribution in [-0.4, -0.2) is 40.5 Å². The molecule has 1 aromatic carbocycles. The number of aliphatic hydroxyl groups excluding tert-OH is 1. The van der Waals surface area contributed by atoms with Crippen molar-refractivity contribution in [1.29, 1.82) is 0 Å². The summed E-state index contributed by atoms with van der Waals surface area (Å²) in [6.07, 6.45) is 1.34. The molecular weight excluding hydrogens is 267 g/mol. The first kappa shape index (κ1) is 14.4. The van der Waals surface area contributed by atoms with Gasteiger partial charge in [0.15, 0.2) is 0 Å². The number of nitro benzene ring substituents is 1. The Morgan fingerprint density at radius 1 is 1.55 bits per heavy atom. The molecule has 0 radical (unpaired) electrons. The van der Waals surface area contributed by atoms with Crippen molar-refractivity contribution in [1.82, 2.24) is 4.90 Å². The zero-order valence-corrected chi connectivity index (χ0v) is 10.8. The van der Waals surface area contributed by atoms with E-state index in [0.717, 1.165) is 24.6 Å². The van der Waals surface area contributed by atoms with E-state index in [0.29, 0.717) is 19.5 Å². The van der Waals surface area contributed by atoms with Gasteiger partial charge in [-0.15, -0.1) is 0 Å². The number of nitro groups is 1. The van der Waals surface area contributed by atoms with Crippen LogP contribution >= 0.6 is 0 Å². The lowest BCUT2D eigenvalue weighted by Crippen LogP contribution is -2.29. The molecule has 1 unspecified atom stereocenters. The van der Waals surface area contributed by atoms with Crippen LogP contribution < -0.4 is 0 Å². The van der Waals surface area contributed by atoms with Crippen molar-refractivity contribution < 1.29 is 19.2 Å². The summed E-state index contributed by atoms with van der Waals surface area (Å²) in [5.41, 5.74) is -0.610. The van der Waals surface area contributed by atoms with E-state index in [1.807, 2.05) is 0 Å². The van der Waals surface area contributed by atoms with E-state index < -0.39 is 16.6 Å². The van der Waals surface area contributed by atoms with Crippen molar-refractivity contribution in [2.75, 3.05) is 19.7 Å². The van der Waals surface area contributed by atoms with Crippen molar-refractivity contribution >= 4 is 11.6 Å². The molecule has 1 amide bonds. The number of nitrogens with zero attached hydrogens (tertiary/aromatic N) is 2. The van der Waals surface area contributed by atoms with E-state index in [1.165, 1.54) is 4.90 Å². The standard InChI is InChI=1S/C13H15FN2O4/c14-10-1-2-12(16(19)20)11(7-10)13(18)15-5-3-9(8-15)4-6-17/h1-2,7,9,17H,3-6,8H2. The second-order valence-electron chi connectivity index (χ2n) is 4.84. The number of carbonyl (C=O) groups is 1. The van der Waals surface area contributed by atoms with Crippen molar-refractivity contribution in [3.8, 4) is 0 Å². The maximum absolute atomic E-state index is 13.2. The number of likely N-dealkylation sites (tertiary alicyclic amines) is 1. The first-order chi connectivity index (χ1) is 9.52. The van der Waals surface area contributed by atoms with Crippen LogP contribution in [0, 0.1) is 21.8 Å². The van der Waals surface area contributed by atoms with E-state index in [2.05, 4.69) is 0 Å². The Kier molecular flexibility index (Phi) is 4.29. The first-order valence-electron chi connectivity index (χ1n) is 6.37. The van der Waals surface area contributed by atoms with Crippen LogP contribution in [0.25, 0.3) is 0 Å². The average Bonchev–Trinajstić information content (AvgIpc) is 2.86. The number of amides is 1. The van der Waals surface area contributed by atoms with E-state index in [-0.39, 0.29) is 23.8 Å². The summed E-state index contributed by atoms with van der Waals surface area (Å²) in [5.74, 6) is -1.02. The molecule has 6 nitrogen and oxygen atoms in total. The Morgan fingerprint density at radius 3 is 2.95 bits per heavy atom. The average molecular weight is 282 g/mol. The summed E-state index contributed by atoms with van der Waals surface area (Å²) in [6.45, 7) is 0.955. The number of benzene rings is 1. The molecule has 0 saturated carbocycles. The molecule has 2 rings (SSSR count). The third-order valence-electron chi connectivity index (χ3n) is 3.50. The van der Waals surface area contributed by atoms with Gasteiger partial charge in [-0.3, -0.25) is 14.9 Å². The zero-order chi connectivity index (χ0) is 14.7. The second-order valence-corrected chi connectivity index (χ2v) is 4.84. The Morgan fingerprint density at radius 2 is 2.30 bits per heavy atom. The van der Waals surface area contributed by atoms with Gasteiger partial charge in [-0.2, -0.15) is 0 Å². The molecule has 1 aromatic rings. The molecule has 1 saturated heterocycles. The second kappa shape index (κ2) is 5.96. The van der Waals surface area contributed by atoms with Gasteiger partial charge in [0.25, 0.3) is 11.6 Å². The van der Waals surface area contributed by atoms with Crippen LogP contribution in [-0.2, 0) is 0 Å². The molecular formula is C13H15FN2O4. The van der Waals surface area contributed by atoms with Crippen molar-refractivity contribution in [2.24, 2.45) is 5.92 Å². The maximum atomic E-state index is 13.2. The third kappa shape index (κ3) is 2.93. The summed E-state index contributed by atoms with van der Waals surface area (Å²) < 4.78 is 13.2. The Balaban J connectivity index is 2.21. The topological polar surface area (TPSA) is 83.7 Å². The van der Waals surface area contributed by atoms with Crippen LogP contribution in [0.1, 0.15) is 23.2 Å². The van der Waals surface area contributed by atoms with Gasteiger partial charge in [-0.05, 0) is 30.9 Å². The SMILES string of the molecule is O=C(c1cc(F)ccc1[N+](=O)[O-])N1CCC(CCO)C1. The lowest BCUT2D eigenvalue weighted by atomic mass is 10.1. The van der Waals surface area contributed by atoms with E-state index in [4.69, 9.17) is 5.11 Å². The summed E-state index contributed by atoms with van der Waals surface area (Å²) in [5, 5.41) is 19.8. The Hall–Kier alpha value is -2.02. The molecule has 7 heteroatoms. The van der Waals surface area contributed by atoms with Crippen LogP contribution in [0.3, 0.4) is 0 Å². The lowest BCUT2D eigenvalue weighted by molar-refractivity contribution is -0.385. The number of halogens is 1. The third-order valence-corrected chi connectivity index (χ3v) is 3.50. The Bertz CT molecular complexity index is 535. The zero-order valence-electron chi connectivity index (χ0n) is 10.8. The molecule has 1 aliphatic rings. The highest BCUT2D eigenvalue weighted by Gasteiger charge is 2.30. The van der Waals surface area contributed by atoms with Crippen LogP contribution in [0.2, 0.25) is 0 Å². The van der Waals surface area contributed by atoms with Crippen LogP contribution in [0.4, 0.5) is 10.1 Å². The number of rotatable bonds is 4. The largest absolute Gasteiger partial charge is 0.396 e. The van der Waals surface area contributed by atoms with E-state index in [9.17, 15) is 19.3 Å². The molecule has 0 aromatic heterocycles. The summed E-state index contributed by atoms with van der Waals surface area (Å²) >= 11 is 0. The normalized spacial score (nSPS) is 18.3. The van der Waals surface area contributed by atoms with Crippen molar-refractivity contribution in [2.45, 2.75) is 12.8 Å². The predicted octanol–water partition coefficient (Wildman–Crippen LogP) is 1.58. The minimum Gasteiger partial charge on any atom is -0.396 e. The van der Waals surface area contributed by atoms with Gasteiger partial charge in [0.2, 0.25) is 0 Å². The number of carbonyl (C=O) groups excluding carboxylic acids is 1. The molecule has 0 bridgehead atoms. The molecule has 1 N–H and O–H groups in total. The molecule has 20 heavy (non-hydrogen) atoms. The lowest BCUT2D eigenvalue weighted by Gasteiger charge is -2.16. The first-order valence-corrected chi connectivity index (χ1v) is 6.37. The molecule has 0 aliphatic carbocycles. The molecule has 1 heterocycles. The van der Waals surface area contributed by atoms with Gasteiger partial charge >= 0.3 is 0 Å². The fourth-order valence-corrected chi connectivity index (χ4v) is 2.44. The van der Waals surface area contributed by atoms with E-state index >= 15 is 0 Å². The Labute approximate surface area is 115 Å². The van der Waals surface area contributed by atoms with Gasteiger partial charge in [-0.25, -0.2) is 4.39 Å². The number of aliphatic hydroxyl groups is 1. The fourth-order valence-electron chi connectivity index (χ4n) is 2.44. The van der Waals surface area contributed by atoms with Gasteiger partial charge in [0.1, 0.15) is 11.4 Å². The molecule has 108 valence electrons. The highest BCUT2D eigenvalue weighted by atomic mass is 19.1. The molecule has 1 atom stereocenters. The van der Waals surface area contributed by atoms with Crippen molar-refractivity contribution in [3.63, 3.8) is 0 Å². The molecule has 0 spiro atoms. The van der Waals surface area contributed by atoms with Gasteiger partial charge in [0.05, 0.1) is 4.92 Å². The monoisotopic (exact) mass is 282 g/mol. The predicted molar refractivity (Wildman–Crippen MR) is 68.8 cm³/mol. The van der Waals surface area contributed by atoms with Gasteiger partial charge in [0, 0.05) is 25.8 Å². The smallest absolute Gasteiger partial charge is 0.282 e. The minimum absolute atomic E-state index is 0.0484. The summed E-state index contributed by atoms with van der Waals surface area (Å²) in [7, 11) is 0. The van der Waals surface area contributed by atoms with E-state index in [1.54, 1.807) is 0 Å². The number of hydrogen-bond donors (Lipinski definition) is 1. The van der Waals surface area contributed by atoms with Gasteiger partial charge in [-0.1, -0.05) is 0 Å². The molecule has 1 aliphatic heterocycles. The minimum atomic E-state index is -0.687. The van der Waals surface area contributed by atoms with Crippen LogP contribution in [0.15, 0.2) is 18.2 Å². The van der Waals surface area contributed by atoms with Crippen LogP contribution in [0.5, 0.6) is 0 Å². The summed E-state index contributed by atoms with van der Waals surface area (Å²) in [4.78, 5) is 24.0. The summed E-state index contributed by atoms with van der Waals surface area (Å²) in [6, 6.07) is 2.87. The van der Waals surface area contributed by atoms with Gasteiger partial charge < -0.3 is 10.0 Å². The van der Waals surface area contributed by atoms with Crippen molar-refractivity contribution in [3.05, 3.63) is 39.7 Å². The fraction of sp³-hybridized carbons (Fsp3) is 0.462. The highest BCUT2D eigenvalue weighted by molar-refractivity contribution is 5.98. The maximum Gasteiger partial charge on any atom is 0.282 e.